The topological polar surface area (TPSA) is 70.5 Å². The summed E-state index contributed by atoms with van der Waals surface area (Å²) >= 11 is 1.24. The zero-order valence-electron chi connectivity index (χ0n) is 16.8. The van der Waals surface area contributed by atoms with Crippen LogP contribution in [-0.4, -0.2) is 33.4 Å². The molecule has 1 saturated heterocycles. The average Bonchev–Trinajstić information content (AvgIpc) is 3.28. The number of benzene rings is 1. The minimum absolute atomic E-state index is 0.0994. The fraction of sp³-hybridized carbons (Fsp3) is 0.500. The van der Waals surface area contributed by atoms with E-state index in [-0.39, 0.29) is 11.9 Å². The van der Waals surface area contributed by atoms with Crippen molar-refractivity contribution in [1.29, 1.82) is 0 Å². The summed E-state index contributed by atoms with van der Waals surface area (Å²) in [6, 6.07) is 10.1. The third-order valence-electron chi connectivity index (χ3n) is 5.07. The zero-order valence-corrected chi connectivity index (χ0v) is 17.6. The van der Waals surface area contributed by atoms with Gasteiger partial charge in [-0.25, -0.2) is 9.78 Å². The lowest BCUT2D eigenvalue weighted by atomic mass is 9.94. The van der Waals surface area contributed by atoms with Crippen molar-refractivity contribution < 1.29 is 14.7 Å². The van der Waals surface area contributed by atoms with Gasteiger partial charge in [-0.15, -0.1) is 11.3 Å². The number of hydrogen-bond acceptors (Lipinski definition) is 4. The molecule has 1 aliphatic rings. The number of aryl methyl sites for hydroxylation is 2. The summed E-state index contributed by atoms with van der Waals surface area (Å²) < 4.78 is 0. The van der Waals surface area contributed by atoms with Gasteiger partial charge in [-0.2, -0.15) is 0 Å². The number of nitrogens with zero attached hydrogens (tertiary/aromatic N) is 2. The first kappa shape index (κ1) is 20.5. The summed E-state index contributed by atoms with van der Waals surface area (Å²) in [6.07, 6.45) is 4.15. The molecule has 2 heterocycles. The van der Waals surface area contributed by atoms with Crippen LogP contribution in [0.25, 0.3) is 0 Å². The summed E-state index contributed by atoms with van der Waals surface area (Å²) in [7, 11) is 0. The van der Waals surface area contributed by atoms with E-state index in [4.69, 9.17) is 4.98 Å². The predicted molar refractivity (Wildman–Crippen MR) is 111 cm³/mol. The van der Waals surface area contributed by atoms with Crippen molar-refractivity contribution in [3.05, 3.63) is 51.5 Å². The fourth-order valence-corrected chi connectivity index (χ4v) is 4.75. The number of carbonyl (C=O) groups is 2. The van der Waals surface area contributed by atoms with Gasteiger partial charge in [-0.3, -0.25) is 4.79 Å². The Labute approximate surface area is 170 Å². The number of aromatic carboxylic acids is 1. The van der Waals surface area contributed by atoms with E-state index in [9.17, 15) is 14.7 Å². The number of carboxylic acids is 1. The van der Waals surface area contributed by atoms with Gasteiger partial charge in [0.2, 0.25) is 5.91 Å². The summed E-state index contributed by atoms with van der Waals surface area (Å²) in [5.41, 5.74) is 1.44. The van der Waals surface area contributed by atoms with E-state index in [2.05, 4.69) is 12.1 Å². The number of rotatable bonds is 6. The van der Waals surface area contributed by atoms with Crippen molar-refractivity contribution >= 4 is 23.2 Å². The number of thiazole rings is 1. The maximum Gasteiger partial charge on any atom is 0.347 e. The normalized spacial score (nSPS) is 17.1. The van der Waals surface area contributed by atoms with E-state index in [1.54, 1.807) is 0 Å². The second kappa shape index (κ2) is 8.43. The molecule has 1 aromatic heterocycles. The van der Waals surface area contributed by atoms with Crippen LogP contribution in [-0.2, 0) is 17.6 Å². The van der Waals surface area contributed by atoms with Gasteiger partial charge in [-0.1, -0.05) is 51.1 Å². The van der Waals surface area contributed by atoms with Gasteiger partial charge in [0, 0.05) is 12.0 Å². The summed E-state index contributed by atoms with van der Waals surface area (Å²) in [6.45, 7) is 6.48. The van der Waals surface area contributed by atoms with Gasteiger partial charge < -0.3 is 10.0 Å². The van der Waals surface area contributed by atoms with Crippen LogP contribution in [0, 0.1) is 5.41 Å². The lowest BCUT2D eigenvalue weighted by Crippen LogP contribution is -2.38. The maximum absolute atomic E-state index is 12.8. The Kier molecular flexibility index (Phi) is 6.18. The number of carboxylic acid groups (broad SMARTS) is 1. The van der Waals surface area contributed by atoms with E-state index in [0.29, 0.717) is 23.5 Å². The largest absolute Gasteiger partial charge is 0.477 e. The first-order valence-electron chi connectivity index (χ1n) is 9.85. The van der Waals surface area contributed by atoms with Gasteiger partial charge in [-0.05, 0) is 37.7 Å². The van der Waals surface area contributed by atoms with Gasteiger partial charge in [0.25, 0.3) is 0 Å². The molecule has 1 fully saturated rings. The molecule has 1 aliphatic heterocycles. The van der Waals surface area contributed by atoms with Crippen molar-refractivity contribution in [3.63, 3.8) is 0 Å². The van der Waals surface area contributed by atoms with Crippen LogP contribution in [0.4, 0.5) is 0 Å². The van der Waals surface area contributed by atoms with Crippen molar-refractivity contribution in [1.82, 2.24) is 9.88 Å². The molecule has 150 valence electrons. The lowest BCUT2D eigenvalue weighted by molar-refractivity contribution is -0.140. The molecule has 1 aromatic carbocycles. The van der Waals surface area contributed by atoms with Crippen LogP contribution in [0.1, 0.15) is 72.0 Å². The van der Waals surface area contributed by atoms with Crippen molar-refractivity contribution in [2.75, 3.05) is 6.54 Å². The van der Waals surface area contributed by atoms with E-state index in [1.807, 2.05) is 43.9 Å². The zero-order chi connectivity index (χ0) is 20.3. The highest BCUT2D eigenvalue weighted by Crippen LogP contribution is 2.38. The Balaban J connectivity index is 1.76. The molecule has 0 radical (unpaired) electrons. The quantitative estimate of drug-likeness (QED) is 0.761. The Hall–Kier alpha value is -2.21. The van der Waals surface area contributed by atoms with E-state index in [1.165, 1.54) is 16.9 Å². The fourth-order valence-electron chi connectivity index (χ4n) is 3.65. The molecule has 0 spiro atoms. The third-order valence-corrected chi connectivity index (χ3v) is 6.26. The molecule has 28 heavy (non-hydrogen) atoms. The van der Waals surface area contributed by atoms with Gasteiger partial charge >= 0.3 is 5.97 Å². The molecule has 1 N–H and O–H groups in total. The Morgan fingerprint density at radius 3 is 2.57 bits per heavy atom. The highest BCUT2D eigenvalue weighted by molar-refractivity contribution is 7.13. The molecule has 0 saturated carbocycles. The molecule has 6 heteroatoms. The minimum Gasteiger partial charge on any atom is -0.477 e. The van der Waals surface area contributed by atoms with Crippen LogP contribution in [0.3, 0.4) is 0 Å². The van der Waals surface area contributed by atoms with E-state index >= 15 is 0 Å². The number of carbonyl (C=O) groups excluding carboxylic acids is 1. The molecule has 0 bridgehead atoms. The van der Waals surface area contributed by atoms with Crippen LogP contribution < -0.4 is 0 Å². The molecular weight excluding hydrogens is 372 g/mol. The predicted octanol–water partition coefficient (Wildman–Crippen LogP) is 4.73. The van der Waals surface area contributed by atoms with Gasteiger partial charge in [0.15, 0.2) is 0 Å². The molecule has 1 atom stereocenters. The maximum atomic E-state index is 12.8. The Bertz CT molecular complexity index is 839. The van der Waals surface area contributed by atoms with Crippen LogP contribution in [0.15, 0.2) is 30.3 Å². The second-order valence-electron chi connectivity index (χ2n) is 8.38. The third kappa shape index (κ3) is 4.61. The van der Waals surface area contributed by atoms with Crippen molar-refractivity contribution in [3.8, 4) is 0 Å². The van der Waals surface area contributed by atoms with Crippen LogP contribution in [0.5, 0.6) is 0 Å². The highest BCUT2D eigenvalue weighted by atomic mass is 32.1. The number of likely N-dealkylation sites (tertiary alicyclic amines) is 1. The number of hydrogen-bond donors (Lipinski definition) is 1. The van der Waals surface area contributed by atoms with Crippen LogP contribution >= 0.6 is 11.3 Å². The highest BCUT2D eigenvalue weighted by Gasteiger charge is 2.37. The molecule has 0 aliphatic carbocycles. The minimum atomic E-state index is -0.926. The molecule has 0 unspecified atom stereocenters. The molecule has 2 aromatic rings. The smallest absolute Gasteiger partial charge is 0.347 e. The van der Waals surface area contributed by atoms with E-state index in [0.717, 1.165) is 30.7 Å². The molecule has 3 rings (SSSR count). The molecule has 5 nitrogen and oxygen atoms in total. The first-order chi connectivity index (χ1) is 13.3. The number of aromatic nitrogens is 1. The SMILES string of the molecule is CC(C)(C)C(=O)N1CCC[C@@H]1c1nc(CCCc2ccccc2)c(C(=O)O)s1. The monoisotopic (exact) mass is 400 g/mol. The Morgan fingerprint density at radius 2 is 1.93 bits per heavy atom. The Morgan fingerprint density at radius 1 is 1.21 bits per heavy atom. The van der Waals surface area contributed by atoms with Crippen molar-refractivity contribution in [2.24, 2.45) is 5.41 Å². The molecular formula is C22H28N2O3S. The molecule has 1 amide bonds. The van der Waals surface area contributed by atoms with Crippen molar-refractivity contribution in [2.45, 2.75) is 58.9 Å². The average molecular weight is 401 g/mol. The first-order valence-corrected chi connectivity index (χ1v) is 10.7. The standard InChI is InChI=1S/C22H28N2O3S/c1-22(2,3)21(27)24-14-8-13-17(24)19-23-16(18(28-19)20(25)26)12-7-11-15-9-5-4-6-10-15/h4-6,9-10,17H,7-8,11-14H2,1-3H3,(H,25,26)/t17-/m1/s1. The number of amides is 1. The lowest BCUT2D eigenvalue weighted by Gasteiger charge is -2.29. The summed E-state index contributed by atoms with van der Waals surface area (Å²) in [5, 5.41) is 10.4. The van der Waals surface area contributed by atoms with E-state index < -0.39 is 11.4 Å². The van der Waals surface area contributed by atoms with Crippen LogP contribution in [0.2, 0.25) is 0 Å². The second-order valence-corrected chi connectivity index (χ2v) is 9.41. The summed E-state index contributed by atoms with van der Waals surface area (Å²) in [5.74, 6) is -0.821. The summed E-state index contributed by atoms with van der Waals surface area (Å²) in [4.78, 5) is 31.4. The van der Waals surface area contributed by atoms with Gasteiger partial charge in [0.1, 0.15) is 9.88 Å². The van der Waals surface area contributed by atoms with Gasteiger partial charge in [0.05, 0.1) is 11.7 Å².